The molecule has 4 rings (SSSR count). The molecule has 0 aliphatic carbocycles. The molecule has 8 heteroatoms. The van der Waals surface area contributed by atoms with E-state index in [1.165, 1.54) is 24.3 Å². The molecule has 2 aliphatic rings. The topological polar surface area (TPSA) is 70.6 Å². The molecular formula is C22H28FN5O2. The van der Waals surface area contributed by atoms with E-state index < -0.39 is 0 Å². The Morgan fingerprint density at radius 2 is 1.93 bits per heavy atom. The molecule has 0 bridgehead atoms. The number of hydrogen-bond donors (Lipinski definition) is 1. The van der Waals surface area contributed by atoms with Crippen LogP contribution in [0.1, 0.15) is 35.8 Å². The van der Waals surface area contributed by atoms with Crippen LogP contribution < -0.4 is 10.1 Å². The minimum absolute atomic E-state index is 0.0790. The Labute approximate surface area is 176 Å². The third kappa shape index (κ3) is 4.53. The number of anilines is 1. The lowest BCUT2D eigenvalue weighted by Crippen LogP contribution is -2.40. The van der Waals surface area contributed by atoms with Crippen LogP contribution in [0.15, 0.2) is 24.3 Å². The molecule has 7 nitrogen and oxygen atoms in total. The number of halogens is 1. The summed E-state index contributed by atoms with van der Waals surface area (Å²) in [6.07, 6.45) is 2.85. The fourth-order valence-electron chi connectivity index (χ4n) is 4.07. The summed E-state index contributed by atoms with van der Waals surface area (Å²) in [4.78, 5) is 26.5. The third-order valence-electron chi connectivity index (χ3n) is 5.93. The Morgan fingerprint density at radius 3 is 2.63 bits per heavy atom. The van der Waals surface area contributed by atoms with Gasteiger partial charge in [0.2, 0.25) is 0 Å². The molecule has 1 N–H and O–H groups in total. The van der Waals surface area contributed by atoms with Crippen LogP contribution in [-0.4, -0.2) is 66.0 Å². The molecule has 3 heterocycles. The van der Waals surface area contributed by atoms with Gasteiger partial charge in [-0.05, 0) is 57.2 Å². The van der Waals surface area contributed by atoms with Gasteiger partial charge in [0.25, 0.3) is 5.91 Å². The van der Waals surface area contributed by atoms with Crippen LogP contribution in [0.4, 0.5) is 10.2 Å². The average molecular weight is 413 g/mol. The molecular weight excluding hydrogens is 385 g/mol. The van der Waals surface area contributed by atoms with Crippen LogP contribution >= 0.6 is 0 Å². The van der Waals surface area contributed by atoms with Crippen molar-refractivity contribution in [1.29, 1.82) is 0 Å². The van der Waals surface area contributed by atoms with Crippen molar-refractivity contribution in [1.82, 2.24) is 19.8 Å². The van der Waals surface area contributed by atoms with E-state index in [-0.39, 0.29) is 18.3 Å². The number of carbonyl (C=O) groups is 1. The highest BCUT2D eigenvalue weighted by molar-refractivity contribution is 5.78. The Hall–Kier alpha value is -2.74. The second-order valence-corrected chi connectivity index (χ2v) is 7.99. The van der Waals surface area contributed by atoms with Gasteiger partial charge in [-0.3, -0.25) is 4.79 Å². The zero-order chi connectivity index (χ0) is 21.1. The highest BCUT2D eigenvalue weighted by Crippen LogP contribution is 2.30. The quantitative estimate of drug-likeness (QED) is 0.812. The summed E-state index contributed by atoms with van der Waals surface area (Å²) < 4.78 is 18.5. The summed E-state index contributed by atoms with van der Waals surface area (Å²) in [6, 6.07) is 5.67. The van der Waals surface area contributed by atoms with Crippen molar-refractivity contribution in [2.75, 3.05) is 45.7 Å². The van der Waals surface area contributed by atoms with Gasteiger partial charge >= 0.3 is 0 Å². The van der Waals surface area contributed by atoms with E-state index in [2.05, 4.69) is 17.3 Å². The average Bonchev–Trinajstić information content (AvgIpc) is 2.78. The molecule has 2 aromatic rings. The van der Waals surface area contributed by atoms with E-state index in [1.807, 2.05) is 7.05 Å². The van der Waals surface area contributed by atoms with Crippen molar-refractivity contribution in [3.63, 3.8) is 0 Å². The van der Waals surface area contributed by atoms with Gasteiger partial charge in [0.1, 0.15) is 23.2 Å². The van der Waals surface area contributed by atoms with Crippen LogP contribution in [0.25, 0.3) is 0 Å². The Balaban J connectivity index is 1.43. The van der Waals surface area contributed by atoms with Crippen LogP contribution in [0.5, 0.6) is 5.75 Å². The Bertz CT molecular complexity index is 880. The Morgan fingerprint density at radius 1 is 1.20 bits per heavy atom. The van der Waals surface area contributed by atoms with Crippen LogP contribution in [-0.2, 0) is 17.8 Å². The van der Waals surface area contributed by atoms with E-state index in [1.54, 1.807) is 4.90 Å². The molecule has 1 aromatic carbocycles. The molecule has 0 atom stereocenters. The van der Waals surface area contributed by atoms with Gasteiger partial charge in [-0.15, -0.1) is 0 Å². The normalized spacial score (nSPS) is 17.5. The second-order valence-electron chi connectivity index (χ2n) is 7.99. The lowest BCUT2D eigenvalue weighted by molar-refractivity contribution is -0.134. The van der Waals surface area contributed by atoms with Gasteiger partial charge in [0.15, 0.2) is 6.61 Å². The lowest BCUT2D eigenvalue weighted by Gasteiger charge is -2.32. The first-order chi connectivity index (χ1) is 14.5. The van der Waals surface area contributed by atoms with E-state index in [0.717, 1.165) is 48.8 Å². The highest BCUT2D eigenvalue weighted by Gasteiger charge is 2.28. The van der Waals surface area contributed by atoms with Crippen molar-refractivity contribution in [2.24, 2.45) is 0 Å². The van der Waals surface area contributed by atoms with Gasteiger partial charge in [-0.1, -0.05) is 0 Å². The number of fused-ring (bicyclic) bond motifs is 1. The van der Waals surface area contributed by atoms with Gasteiger partial charge in [-0.2, -0.15) is 0 Å². The standard InChI is InChI=1S/C22H28FN5O2/c1-24-22-18-13-28(20(29)14-30-17-5-3-16(23)4-6-17)12-9-19(18)25-21(26-22)15-7-10-27(2)11-8-15/h3-6,15H,7-14H2,1-2H3,(H,24,25,26). The number of likely N-dealkylation sites (tertiary alicyclic amines) is 1. The van der Waals surface area contributed by atoms with Crippen molar-refractivity contribution in [2.45, 2.75) is 31.7 Å². The molecule has 1 amide bonds. The van der Waals surface area contributed by atoms with Crippen molar-refractivity contribution in [3.05, 3.63) is 47.2 Å². The molecule has 0 radical (unpaired) electrons. The first-order valence-electron chi connectivity index (χ1n) is 10.5. The minimum Gasteiger partial charge on any atom is -0.484 e. The fraction of sp³-hybridized carbons (Fsp3) is 0.500. The SMILES string of the molecule is CNc1nc(C2CCN(C)CC2)nc2c1CN(C(=O)COc1ccc(F)cc1)CC2. The maximum absolute atomic E-state index is 13.0. The summed E-state index contributed by atoms with van der Waals surface area (Å²) in [5, 5.41) is 3.20. The number of nitrogens with zero attached hydrogens (tertiary/aromatic N) is 4. The molecule has 0 spiro atoms. The number of hydrogen-bond acceptors (Lipinski definition) is 6. The van der Waals surface area contributed by atoms with Crippen LogP contribution in [0, 0.1) is 5.82 Å². The molecule has 1 fully saturated rings. The molecule has 1 saturated heterocycles. The molecule has 30 heavy (non-hydrogen) atoms. The maximum atomic E-state index is 13.0. The molecule has 1 aromatic heterocycles. The number of carbonyl (C=O) groups excluding carboxylic acids is 1. The number of nitrogens with one attached hydrogen (secondary N) is 1. The second kappa shape index (κ2) is 8.95. The zero-order valence-electron chi connectivity index (χ0n) is 17.5. The number of amides is 1. The number of benzene rings is 1. The van der Waals surface area contributed by atoms with Crippen molar-refractivity contribution >= 4 is 11.7 Å². The summed E-state index contributed by atoms with van der Waals surface area (Å²) in [6.45, 7) is 3.12. The number of piperidine rings is 1. The number of aromatic nitrogens is 2. The first-order valence-corrected chi connectivity index (χ1v) is 10.5. The third-order valence-corrected chi connectivity index (χ3v) is 5.93. The number of ether oxygens (including phenoxy) is 1. The molecule has 160 valence electrons. The minimum atomic E-state index is -0.333. The van der Waals surface area contributed by atoms with Crippen molar-refractivity contribution < 1.29 is 13.9 Å². The largest absolute Gasteiger partial charge is 0.484 e. The molecule has 2 aliphatic heterocycles. The van der Waals surface area contributed by atoms with E-state index in [9.17, 15) is 9.18 Å². The van der Waals surface area contributed by atoms with E-state index >= 15 is 0 Å². The Kier molecular flexibility index (Phi) is 6.13. The smallest absolute Gasteiger partial charge is 0.260 e. The van der Waals surface area contributed by atoms with Gasteiger partial charge in [-0.25, -0.2) is 14.4 Å². The van der Waals surface area contributed by atoms with Gasteiger partial charge in [0.05, 0.1) is 12.2 Å². The molecule has 0 saturated carbocycles. The van der Waals surface area contributed by atoms with Gasteiger partial charge < -0.3 is 19.9 Å². The summed E-state index contributed by atoms with van der Waals surface area (Å²) in [5.74, 6) is 2.16. The van der Waals surface area contributed by atoms with E-state index in [4.69, 9.17) is 14.7 Å². The number of rotatable bonds is 5. The summed E-state index contributed by atoms with van der Waals surface area (Å²) in [7, 11) is 4.01. The zero-order valence-corrected chi connectivity index (χ0v) is 17.5. The highest BCUT2D eigenvalue weighted by atomic mass is 19.1. The lowest BCUT2D eigenvalue weighted by atomic mass is 9.95. The monoisotopic (exact) mass is 413 g/mol. The first kappa shape index (κ1) is 20.5. The van der Waals surface area contributed by atoms with Crippen LogP contribution in [0.3, 0.4) is 0 Å². The van der Waals surface area contributed by atoms with Crippen molar-refractivity contribution in [3.8, 4) is 5.75 Å². The predicted molar refractivity (Wildman–Crippen MR) is 112 cm³/mol. The fourth-order valence-corrected chi connectivity index (χ4v) is 4.07. The van der Waals surface area contributed by atoms with Crippen LogP contribution in [0.2, 0.25) is 0 Å². The molecule has 0 unspecified atom stereocenters. The summed E-state index contributed by atoms with van der Waals surface area (Å²) in [5.41, 5.74) is 2.02. The van der Waals surface area contributed by atoms with E-state index in [0.29, 0.717) is 31.2 Å². The maximum Gasteiger partial charge on any atom is 0.260 e. The predicted octanol–water partition coefficient (Wildman–Crippen LogP) is 2.43. The summed E-state index contributed by atoms with van der Waals surface area (Å²) >= 11 is 0. The van der Waals surface area contributed by atoms with Gasteiger partial charge in [0, 0.05) is 31.5 Å².